The molecule has 0 aromatic heterocycles. The monoisotopic (exact) mass is 228 g/mol. The number of aliphatic hydroxyl groups excluding tert-OH is 3. The lowest BCUT2D eigenvalue weighted by molar-refractivity contribution is -0.0153. The lowest BCUT2D eigenvalue weighted by atomic mass is 10.0. The van der Waals surface area contributed by atoms with Crippen molar-refractivity contribution in [1.82, 2.24) is 0 Å². The smallest absolute Gasteiger partial charge is 0.339 e. The molecule has 0 aliphatic heterocycles. The van der Waals surface area contributed by atoms with Crippen LogP contribution in [0.25, 0.3) is 0 Å². The van der Waals surface area contributed by atoms with E-state index in [1.54, 1.807) is 0 Å². The quantitative estimate of drug-likeness (QED) is 0.473. The Balaban J connectivity index is 3.07. The molecule has 88 valence electrons. The standard InChI is InChI=1S/C10H12O6/c11-4-8(13)9(14)5-1-2-7(12)6(3-5)10(15)16/h1-3,8-9,11-14H,4H2,(H,15,16). The van der Waals surface area contributed by atoms with Crippen molar-refractivity contribution in [2.24, 2.45) is 0 Å². The predicted octanol–water partition coefficient (Wildman–Crippen LogP) is -0.523. The Bertz CT molecular complexity index is 389. The maximum atomic E-state index is 10.7. The molecule has 1 aromatic carbocycles. The Morgan fingerprint density at radius 1 is 1.31 bits per heavy atom. The number of aromatic hydroxyl groups is 1. The number of aromatic carboxylic acids is 1. The van der Waals surface area contributed by atoms with E-state index >= 15 is 0 Å². The van der Waals surface area contributed by atoms with Crippen LogP contribution in [0.1, 0.15) is 22.0 Å². The van der Waals surface area contributed by atoms with Gasteiger partial charge in [0.1, 0.15) is 23.5 Å². The SMILES string of the molecule is O=C(O)c1cc(C(O)C(O)CO)ccc1O. The lowest BCUT2D eigenvalue weighted by Gasteiger charge is -2.16. The third-order valence-electron chi connectivity index (χ3n) is 2.14. The zero-order valence-electron chi connectivity index (χ0n) is 8.24. The zero-order valence-corrected chi connectivity index (χ0v) is 8.24. The van der Waals surface area contributed by atoms with Crippen LogP contribution in [0.15, 0.2) is 18.2 Å². The summed E-state index contributed by atoms with van der Waals surface area (Å²) in [6.07, 6.45) is -2.80. The highest BCUT2D eigenvalue weighted by Crippen LogP contribution is 2.24. The molecule has 0 aliphatic carbocycles. The van der Waals surface area contributed by atoms with Crippen LogP contribution in [0.2, 0.25) is 0 Å². The molecule has 0 aliphatic rings. The third-order valence-corrected chi connectivity index (χ3v) is 2.14. The average molecular weight is 228 g/mol. The van der Waals surface area contributed by atoms with Crippen LogP contribution >= 0.6 is 0 Å². The molecule has 0 bridgehead atoms. The van der Waals surface area contributed by atoms with E-state index in [0.717, 1.165) is 12.1 Å². The van der Waals surface area contributed by atoms with Crippen molar-refractivity contribution in [3.05, 3.63) is 29.3 Å². The van der Waals surface area contributed by atoms with Gasteiger partial charge in [-0.15, -0.1) is 0 Å². The second kappa shape index (κ2) is 4.93. The van der Waals surface area contributed by atoms with Crippen molar-refractivity contribution < 1.29 is 30.3 Å². The predicted molar refractivity (Wildman–Crippen MR) is 53.1 cm³/mol. The summed E-state index contributed by atoms with van der Waals surface area (Å²) < 4.78 is 0. The molecule has 0 fully saturated rings. The first-order valence-electron chi connectivity index (χ1n) is 4.50. The molecule has 0 saturated carbocycles. The Morgan fingerprint density at radius 3 is 2.44 bits per heavy atom. The second-order valence-electron chi connectivity index (χ2n) is 3.28. The summed E-state index contributed by atoms with van der Waals surface area (Å²) in [6, 6.07) is 3.42. The summed E-state index contributed by atoms with van der Waals surface area (Å²) in [7, 11) is 0. The number of carbonyl (C=O) groups is 1. The van der Waals surface area contributed by atoms with E-state index in [0.29, 0.717) is 0 Å². The molecule has 0 amide bonds. The highest BCUT2D eigenvalue weighted by molar-refractivity contribution is 5.90. The van der Waals surface area contributed by atoms with Crippen molar-refractivity contribution in [1.29, 1.82) is 0 Å². The van der Waals surface area contributed by atoms with Gasteiger partial charge in [-0.2, -0.15) is 0 Å². The molecule has 2 unspecified atom stereocenters. The number of phenols is 1. The first kappa shape index (κ1) is 12.4. The number of benzene rings is 1. The molecule has 6 heteroatoms. The van der Waals surface area contributed by atoms with Crippen LogP contribution in [0.5, 0.6) is 5.75 Å². The van der Waals surface area contributed by atoms with E-state index in [1.165, 1.54) is 6.07 Å². The maximum absolute atomic E-state index is 10.7. The molecule has 1 aromatic rings. The number of aliphatic hydroxyl groups is 3. The number of rotatable bonds is 4. The first-order valence-corrected chi connectivity index (χ1v) is 4.50. The summed E-state index contributed by atoms with van der Waals surface area (Å²) in [5, 5.41) is 45.2. The minimum absolute atomic E-state index is 0.108. The van der Waals surface area contributed by atoms with Crippen molar-refractivity contribution in [2.75, 3.05) is 6.61 Å². The van der Waals surface area contributed by atoms with E-state index in [2.05, 4.69) is 0 Å². The van der Waals surface area contributed by atoms with Crippen LogP contribution in [0.3, 0.4) is 0 Å². The van der Waals surface area contributed by atoms with Crippen molar-refractivity contribution in [2.45, 2.75) is 12.2 Å². The third kappa shape index (κ3) is 2.48. The van der Waals surface area contributed by atoms with Gasteiger partial charge >= 0.3 is 5.97 Å². The van der Waals surface area contributed by atoms with E-state index in [-0.39, 0.29) is 11.1 Å². The van der Waals surface area contributed by atoms with Crippen LogP contribution in [-0.2, 0) is 0 Å². The number of carboxylic acid groups (broad SMARTS) is 1. The van der Waals surface area contributed by atoms with Gasteiger partial charge in [0.2, 0.25) is 0 Å². The average Bonchev–Trinajstić information content (AvgIpc) is 2.27. The second-order valence-corrected chi connectivity index (χ2v) is 3.28. The molecule has 0 heterocycles. The summed E-state index contributed by atoms with van der Waals surface area (Å²) >= 11 is 0. The van der Waals surface area contributed by atoms with Crippen LogP contribution in [-0.4, -0.2) is 44.2 Å². The number of hydrogen-bond acceptors (Lipinski definition) is 5. The fourth-order valence-corrected chi connectivity index (χ4v) is 1.23. The largest absolute Gasteiger partial charge is 0.507 e. The van der Waals surface area contributed by atoms with Gasteiger partial charge in [-0.3, -0.25) is 0 Å². The maximum Gasteiger partial charge on any atom is 0.339 e. The lowest BCUT2D eigenvalue weighted by Crippen LogP contribution is -2.22. The molecule has 0 saturated heterocycles. The van der Waals surface area contributed by atoms with Gasteiger partial charge in [-0.05, 0) is 17.7 Å². The molecule has 6 nitrogen and oxygen atoms in total. The van der Waals surface area contributed by atoms with Gasteiger partial charge in [0.15, 0.2) is 0 Å². The molecule has 0 spiro atoms. The fourth-order valence-electron chi connectivity index (χ4n) is 1.23. The van der Waals surface area contributed by atoms with Gasteiger partial charge in [0.05, 0.1) is 6.61 Å². The molecule has 5 N–H and O–H groups in total. The molecule has 2 atom stereocenters. The van der Waals surface area contributed by atoms with Gasteiger partial charge in [0, 0.05) is 0 Å². The minimum atomic E-state index is -1.40. The van der Waals surface area contributed by atoms with Gasteiger partial charge < -0.3 is 25.5 Å². The van der Waals surface area contributed by atoms with E-state index < -0.39 is 30.5 Å². The molecular formula is C10H12O6. The van der Waals surface area contributed by atoms with Gasteiger partial charge in [0.25, 0.3) is 0 Å². The van der Waals surface area contributed by atoms with Crippen LogP contribution in [0, 0.1) is 0 Å². The van der Waals surface area contributed by atoms with E-state index in [9.17, 15) is 15.0 Å². The van der Waals surface area contributed by atoms with Gasteiger partial charge in [-0.25, -0.2) is 4.79 Å². The Morgan fingerprint density at radius 2 is 1.94 bits per heavy atom. The summed E-state index contributed by atoms with van der Waals surface area (Å²) in [5.41, 5.74) is -0.265. The van der Waals surface area contributed by atoms with Crippen molar-refractivity contribution >= 4 is 5.97 Å². The zero-order chi connectivity index (χ0) is 12.3. The van der Waals surface area contributed by atoms with Crippen molar-refractivity contribution in [3.63, 3.8) is 0 Å². The number of carboxylic acids is 1. The minimum Gasteiger partial charge on any atom is -0.507 e. The normalized spacial score (nSPS) is 14.4. The Kier molecular flexibility index (Phi) is 3.83. The fraction of sp³-hybridized carbons (Fsp3) is 0.300. The first-order chi connectivity index (χ1) is 7.47. The highest BCUT2D eigenvalue weighted by atomic mass is 16.4. The summed E-state index contributed by atoms with van der Waals surface area (Å²) in [6.45, 7) is -0.648. The Labute approximate surface area is 91.0 Å². The topological polar surface area (TPSA) is 118 Å². The van der Waals surface area contributed by atoms with Crippen LogP contribution in [0.4, 0.5) is 0 Å². The molecular weight excluding hydrogens is 216 g/mol. The molecule has 16 heavy (non-hydrogen) atoms. The van der Waals surface area contributed by atoms with E-state index in [4.69, 9.17) is 15.3 Å². The van der Waals surface area contributed by atoms with Crippen molar-refractivity contribution in [3.8, 4) is 5.75 Å². The summed E-state index contributed by atoms with van der Waals surface area (Å²) in [4.78, 5) is 10.7. The van der Waals surface area contributed by atoms with E-state index in [1.807, 2.05) is 0 Å². The van der Waals surface area contributed by atoms with Gasteiger partial charge in [-0.1, -0.05) is 6.07 Å². The molecule has 1 rings (SSSR count). The number of hydrogen-bond donors (Lipinski definition) is 5. The molecule has 0 radical (unpaired) electrons. The highest BCUT2D eigenvalue weighted by Gasteiger charge is 2.20. The van der Waals surface area contributed by atoms with Crippen LogP contribution < -0.4 is 0 Å². The summed E-state index contributed by atoms with van der Waals surface area (Å²) in [5.74, 6) is -1.77. The Hall–Kier alpha value is -1.63.